The van der Waals surface area contributed by atoms with Gasteiger partial charge in [-0.3, -0.25) is 0 Å². The minimum absolute atomic E-state index is 0.104. The molecule has 21 heavy (non-hydrogen) atoms. The van der Waals surface area contributed by atoms with Crippen molar-refractivity contribution in [3.8, 4) is 5.75 Å². The van der Waals surface area contributed by atoms with Crippen LogP contribution >= 0.6 is 15.9 Å². The smallest absolute Gasteiger partial charge is 0.244 e. The maximum atomic E-state index is 12.2. The number of methoxy groups -OCH3 is 1. The Morgan fingerprint density at radius 3 is 2.62 bits per heavy atom. The summed E-state index contributed by atoms with van der Waals surface area (Å²) in [5.74, 6) is 0.305. The molecule has 0 aromatic heterocycles. The van der Waals surface area contributed by atoms with Gasteiger partial charge in [0.25, 0.3) is 0 Å². The number of nitrogens with zero attached hydrogens (tertiary/aromatic N) is 1. The molecule has 0 heterocycles. The highest BCUT2D eigenvalue weighted by molar-refractivity contribution is 9.10. The third-order valence-electron chi connectivity index (χ3n) is 2.64. The van der Waals surface area contributed by atoms with Crippen molar-refractivity contribution in [3.63, 3.8) is 0 Å². The molecule has 1 aromatic rings. The Kier molecular flexibility index (Phi) is 7.61. The highest BCUT2D eigenvalue weighted by Crippen LogP contribution is 2.26. The average Bonchev–Trinajstić information content (AvgIpc) is 2.42. The second kappa shape index (κ2) is 8.70. The first-order valence-electron chi connectivity index (χ1n) is 6.42. The number of nitrogens with one attached hydrogen (secondary N) is 1. The number of benzene rings is 1. The van der Waals surface area contributed by atoms with Crippen LogP contribution < -0.4 is 9.46 Å². The third-order valence-corrected chi connectivity index (χ3v) is 4.61. The van der Waals surface area contributed by atoms with E-state index in [1.54, 1.807) is 12.1 Å². The summed E-state index contributed by atoms with van der Waals surface area (Å²) >= 11 is 3.26. The Hall–Kier alpha value is -0.670. The Labute approximate surface area is 134 Å². The summed E-state index contributed by atoms with van der Waals surface area (Å²) in [6, 6.07) is 4.84. The van der Waals surface area contributed by atoms with Gasteiger partial charge in [-0.1, -0.05) is 15.9 Å². The minimum atomic E-state index is -3.62. The first kappa shape index (κ1) is 18.4. The molecule has 0 unspecified atom stereocenters. The first-order valence-corrected chi connectivity index (χ1v) is 8.70. The lowest BCUT2D eigenvalue weighted by Gasteiger charge is -2.12. The minimum Gasteiger partial charge on any atom is -0.495 e. The van der Waals surface area contributed by atoms with Crippen molar-refractivity contribution in [2.75, 3.05) is 47.5 Å². The van der Waals surface area contributed by atoms with Crippen molar-refractivity contribution in [1.82, 2.24) is 9.62 Å². The largest absolute Gasteiger partial charge is 0.495 e. The van der Waals surface area contributed by atoms with E-state index in [4.69, 9.17) is 9.47 Å². The van der Waals surface area contributed by atoms with Gasteiger partial charge in [-0.2, -0.15) is 0 Å². The van der Waals surface area contributed by atoms with Gasteiger partial charge in [-0.05, 0) is 32.3 Å². The Bertz CT molecular complexity index is 549. The molecule has 0 amide bonds. The monoisotopic (exact) mass is 380 g/mol. The zero-order valence-corrected chi connectivity index (χ0v) is 14.8. The van der Waals surface area contributed by atoms with E-state index in [-0.39, 0.29) is 11.4 Å². The molecule has 0 saturated carbocycles. The SMILES string of the molecule is COc1ccc(Br)cc1S(=O)(=O)NCCOCCN(C)C. The summed E-state index contributed by atoms with van der Waals surface area (Å²) in [6.07, 6.45) is 0. The van der Waals surface area contributed by atoms with Crippen LogP contribution in [0, 0.1) is 0 Å². The molecule has 120 valence electrons. The fourth-order valence-electron chi connectivity index (χ4n) is 1.54. The molecule has 0 aliphatic carbocycles. The Morgan fingerprint density at radius 2 is 2.00 bits per heavy atom. The van der Waals surface area contributed by atoms with E-state index in [0.717, 1.165) is 6.54 Å². The van der Waals surface area contributed by atoms with Gasteiger partial charge in [0.1, 0.15) is 10.6 Å². The standard InChI is InChI=1S/C13H21BrN2O4S/c1-16(2)7-9-20-8-6-15-21(17,18)13-10-11(14)4-5-12(13)19-3/h4-5,10,15H,6-9H2,1-3H3. The Morgan fingerprint density at radius 1 is 1.29 bits per heavy atom. The van der Waals surface area contributed by atoms with Gasteiger partial charge in [0.05, 0.1) is 20.3 Å². The lowest BCUT2D eigenvalue weighted by atomic mass is 10.3. The van der Waals surface area contributed by atoms with Crippen LogP contribution in [0.3, 0.4) is 0 Å². The van der Waals surface area contributed by atoms with Crippen molar-refractivity contribution in [3.05, 3.63) is 22.7 Å². The number of rotatable bonds is 9. The maximum Gasteiger partial charge on any atom is 0.244 e. The van der Waals surface area contributed by atoms with Gasteiger partial charge in [0.15, 0.2) is 0 Å². The van der Waals surface area contributed by atoms with Crippen molar-refractivity contribution >= 4 is 26.0 Å². The first-order chi connectivity index (χ1) is 9.86. The van der Waals surface area contributed by atoms with Gasteiger partial charge in [0.2, 0.25) is 10.0 Å². The highest BCUT2D eigenvalue weighted by Gasteiger charge is 2.19. The van der Waals surface area contributed by atoms with Gasteiger partial charge >= 0.3 is 0 Å². The molecule has 1 aromatic carbocycles. The summed E-state index contributed by atoms with van der Waals surface area (Å²) in [5, 5.41) is 0. The summed E-state index contributed by atoms with van der Waals surface area (Å²) < 4.78 is 38.1. The van der Waals surface area contributed by atoms with E-state index in [1.165, 1.54) is 13.2 Å². The lowest BCUT2D eigenvalue weighted by molar-refractivity contribution is 0.122. The van der Waals surface area contributed by atoms with Gasteiger partial charge < -0.3 is 14.4 Å². The zero-order chi connectivity index (χ0) is 15.9. The second-order valence-electron chi connectivity index (χ2n) is 4.61. The van der Waals surface area contributed by atoms with Crippen molar-refractivity contribution < 1.29 is 17.9 Å². The van der Waals surface area contributed by atoms with E-state index >= 15 is 0 Å². The van der Waals surface area contributed by atoms with E-state index in [0.29, 0.717) is 23.4 Å². The van der Waals surface area contributed by atoms with E-state index in [1.807, 2.05) is 19.0 Å². The predicted octanol–water partition coefficient (Wildman–Crippen LogP) is 1.31. The van der Waals surface area contributed by atoms with Crippen LogP contribution in [0.2, 0.25) is 0 Å². The summed E-state index contributed by atoms with van der Waals surface area (Å²) in [5.41, 5.74) is 0. The number of hydrogen-bond donors (Lipinski definition) is 1. The molecular weight excluding hydrogens is 360 g/mol. The van der Waals surface area contributed by atoms with Crippen LogP contribution in [0.5, 0.6) is 5.75 Å². The molecule has 8 heteroatoms. The number of halogens is 1. The van der Waals surface area contributed by atoms with Gasteiger partial charge in [-0.15, -0.1) is 0 Å². The molecular formula is C13H21BrN2O4S. The quantitative estimate of drug-likeness (QED) is 0.654. The molecule has 0 saturated heterocycles. The van der Waals surface area contributed by atoms with Crippen LogP contribution in [0.15, 0.2) is 27.6 Å². The molecule has 0 fully saturated rings. The second-order valence-corrected chi connectivity index (χ2v) is 7.26. The summed E-state index contributed by atoms with van der Waals surface area (Å²) in [6.45, 7) is 1.90. The third kappa shape index (κ3) is 6.31. The van der Waals surface area contributed by atoms with Crippen LogP contribution in [0.4, 0.5) is 0 Å². The van der Waals surface area contributed by atoms with Crippen LogP contribution in [0.25, 0.3) is 0 Å². The van der Waals surface area contributed by atoms with E-state index in [9.17, 15) is 8.42 Å². The Balaban J connectivity index is 2.56. The highest BCUT2D eigenvalue weighted by atomic mass is 79.9. The summed E-state index contributed by atoms with van der Waals surface area (Å²) in [4.78, 5) is 2.10. The predicted molar refractivity (Wildman–Crippen MR) is 85.3 cm³/mol. The topological polar surface area (TPSA) is 67.9 Å². The van der Waals surface area contributed by atoms with Crippen molar-refractivity contribution in [1.29, 1.82) is 0 Å². The molecule has 0 aliphatic heterocycles. The molecule has 6 nitrogen and oxygen atoms in total. The molecule has 0 atom stereocenters. The number of likely N-dealkylation sites (N-methyl/N-ethyl adjacent to an activating group) is 1. The molecule has 0 spiro atoms. The molecule has 0 aliphatic rings. The van der Waals surface area contributed by atoms with E-state index in [2.05, 4.69) is 20.7 Å². The fraction of sp³-hybridized carbons (Fsp3) is 0.538. The maximum absolute atomic E-state index is 12.2. The number of sulfonamides is 1. The lowest BCUT2D eigenvalue weighted by Crippen LogP contribution is -2.28. The van der Waals surface area contributed by atoms with Crippen LogP contribution in [-0.2, 0) is 14.8 Å². The van der Waals surface area contributed by atoms with E-state index < -0.39 is 10.0 Å². The number of ether oxygens (including phenoxy) is 2. The van der Waals surface area contributed by atoms with Gasteiger partial charge in [-0.25, -0.2) is 13.1 Å². The molecule has 0 bridgehead atoms. The molecule has 0 radical (unpaired) electrons. The van der Waals surface area contributed by atoms with Crippen molar-refractivity contribution in [2.45, 2.75) is 4.90 Å². The molecule has 1 rings (SSSR count). The molecule has 1 N–H and O–H groups in total. The van der Waals surface area contributed by atoms with Crippen LogP contribution in [-0.4, -0.2) is 60.8 Å². The zero-order valence-electron chi connectivity index (χ0n) is 12.4. The van der Waals surface area contributed by atoms with Gasteiger partial charge in [0, 0.05) is 17.6 Å². The number of hydrogen-bond acceptors (Lipinski definition) is 5. The normalized spacial score (nSPS) is 11.9. The van der Waals surface area contributed by atoms with Crippen LogP contribution in [0.1, 0.15) is 0 Å². The average molecular weight is 381 g/mol. The summed E-state index contributed by atoms with van der Waals surface area (Å²) in [7, 11) is 1.71. The fourth-order valence-corrected chi connectivity index (χ4v) is 3.25. The van der Waals surface area contributed by atoms with Crippen molar-refractivity contribution in [2.24, 2.45) is 0 Å².